The number of halogens is 7. The van der Waals surface area contributed by atoms with Gasteiger partial charge in [0.25, 0.3) is 0 Å². The fourth-order valence-corrected chi connectivity index (χ4v) is 3.75. The molecule has 4 atom stereocenters. The molecule has 0 radical (unpaired) electrons. The predicted molar refractivity (Wildman–Crippen MR) is 103 cm³/mol. The highest BCUT2D eigenvalue weighted by atomic mass is 127. The van der Waals surface area contributed by atoms with E-state index in [1.807, 2.05) is 0 Å². The summed E-state index contributed by atoms with van der Waals surface area (Å²) in [5.74, 6) is -4.27. The van der Waals surface area contributed by atoms with E-state index in [9.17, 15) is 35.9 Å². The summed E-state index contributed by atoms with van der Waals surface area (Å²) in [5, 5.41) is 1.71. The Bertz CT molecular complexity index is 744. The summed E-state index contributed by atoms with van der Waals surface area (Å²) in [6, 6.07) is 7.08. The van der Waals surface area contributed by atoms with E-state index in [1.54, 1.807) is 58.2 Å². The van der Waals surface area contributed by atoms with Crippen LogP contribution in [0.1, 0.15) is 31.4 Å². The van der Waals surface area contributed by atoms with E-state index >= 15 is 0 Å². The first-order chi connectivity index (χ1) is 13.8. The van der Waals surface area contributed by atoms with Crippen molar-refractivity contribution in [2.45, 2.75) is 54.4 Å². The first kappa shape index (κ1) is 24.7. The lowest BCUT2D eigenvalue weighted by Gasteiger charge is -2.38. The molecule has 1 aliphatic rings. The van der Waals surface area contributed by atoms with Crippen molar-refractivity contribution in [3.05, 3.63) is 35.9 Å². The molecule has 1 aromatic carbocycles. The monoisotopic (exact) mass is 552 g/mol. The van der Waals surface area contributed by atoms with Crippen LogP contribution in [-0.2, 0) is 14.3 Å². The number of carbonyl (C=O) groups is 2. The van der Waals surface area contributed by atoms with Crippen LogP contribution in [0.15, 0.2) is 30.3 Å². The number of nitrogens with one attached hydrogen (secondary N) is 1. The van der Waals surface area contributed by atoms with Crippen LogP contribution in [0, 0.1) is 0 Å². The Hall–Kier alpha value is -1.57. The molecule has 1 heterocycles. The molecule has 2 rings (SSSR count). The molecule has 168 valence electrons. The predicted octanol–water partition coefficient (Wildman–Crippen LogP) is 4.13. The van der Waals surface area contributed by atoms with Gasteiger partial charge in [-0.1, -0.05) is 52.9 Å². The molecule has 0 spiro atoms. The number of amides is 2. The Labute approximate surface area is 182 Å². The van der Waals surface area contributed by atoms with Crippen LogP contribution < -0.4 is 5.32 Å². The zero-order chi connectivity index (χ0) is 22.7. The fraction of sp³-hybridized carbons (Fsp3) is 0.556. The van der Waals surface area contributed by atoms with Gasteiger partial charge in [-0.15, -0.1) is 0 Å². The SMILES string of the molecule is C[C@@H](c1ccccc1)N(C[C@H]1CC[C@@H](I)[C@H](NC(=O)C(F)(F)F)O1)C(=O)C(F)(F)F. The van der Waals surface area contributed by atoms with Crippen molar-refractivity contribution in [3.63, 3.8) is 0 Å². The Balaban J connectivity index is 2.18. The summed E-state index contributed by atoms with van der Waals surface area (Å²) in [7, 11) is 0. The van der Waals surface area contributed by atoms with E-state index < -0.39 is 53.0 Å². The Morgan fingerprint density at radius 3 is 2.27 bits per heavy atom. The summed E-state index contributed by atoms with van der Waals surface area (Å²) in [4.78, 5) is 23.8. The molecule has 1 aliphatic heterocycles. The van der Waals surface area contributed by atoms with E-state index in [4.69, 9.17) is 4.74 Å². The lowest BCUT2D eigenvalue weighted by atomic mass is 10.0. The van der Waals surface area contributed by atoms with Crippen LogP contribution in [-0.4, -0.2) is 51.9 Å². The highest BCUT2D eigenvalue weighted by Crippen LogP contribution is 2.31. The standard InChI is InChI=1S/C18H19F6IN2O3/c1-10(11-5-3-2-4-6-11)27(16(29)18(22,23)24)9-12-7-8-13(25)14(30-12)26-15(28)17(19,20)21/h2-6,10,12-14H,7-9H2,1H3,(H,26,28)/t10-,12+,13+,14+/m0/s1. The van der Waals surface area contributed by atoms with Gasteiger partial charge in [0, 0.05) is 6.54 Å². The maximum Gasteiger partial charge on any atom is 0.471 e. The largest absolute Gasteiger partial charge is 0.471 e. The van der Waals surface area contributed by atoms with Crippen molar-refractivity contribution in [1.82, 2.24) is 10.2 Å². The number of nitrogens with zero attached hydrogens (tertiary/aromatic N) is 1. The van der Waals surface area contributed by atoms with E-state index in [-0.39, 0.29) is 6.42 Å². The second-order valence-corrected chi connectivity index (χ2v) is 8.39. The number of hydrogen-bond acceptors (Lipinski definition) is 3. The first-order valence-corrected chi connectivity index (χ1v) is 10.1. The molecule has 0 unspecified atom stereocenters. The zero-order valence-corrected chi connectivity index (χ0v) is 17.8. The zero-order valence-electron chi connectivity index (χ0n) is 15.6. The molecular weight excluding hydrogens is 533 g/mol. The smallest absolute Gasteiger partial charge is 0.352 e. The third-order valence-electron chi connectivity index (χ3n) is 4.62. The van der Waals surface area contributed by atoms with Crippen molar-refractivity contribution >= 4 is 34.4 Å². The van der Waals surface area contributed by atoms with Crippen molar-refractivity contribution < 1.29 is 40.7 Å². The van der Waals surface area contributed by atoms with Crippen molar-refractivity contribution in [2.75, 3.05) is 6.54 Å². The molecule has 1 saturated heterocycles. The van der Waals surface area contributed by atoms with Crippen LogP contribution in [0.25, 0.3) is 0 Å². The molecular formula is C18H19F6IN2O3. The molecule has 12 heteroatoms. The topological polar surface area (TPSA) is 58.6 Å². The fourth-order valence-electron chi connectivity index (χ4n) is 3.04. The van der Waals surface area contributed by atoms with Gasteiger partial charge in [0.05, 0.1) is 16.1 Å². The van der Waals surface area contributed by atoms with Crippen LogP contribution in [0.5, 0.6) is 0 Å². The van der Waals surface area contributed by atoms with Crippen LogP contribution in [0.3, 0.4) is 0 Å². The van der Waals surface area contributed by atoms with Gasteiger partial charge in [0.15, 0.2) is 0 Å². The van der Waals surface area contributed by atoms with Gasteiger partial charge in [0.1, 0.15) is 6.23 Å². The van der Waals surface area contributed by atoms with E-state index in [0.717, 1.165) is 0 Å². The minimum atomic E-state index is -5.13. The third-order valence-corrected chi connectivity index (χ3v) is 5.89. The van der Waals surface area contributed by atoms with Crippen molar-refractivity contribution in [1.29, 1.82) is 0 Å². The summed E-state index contributed by atoms with van der Waals surface area (Å²) in [5.41, 5.74) is 0.458. The van der Waals surface area contributed by atoms with Gasteiger partial charge in [-0.2, -0.15) is 26.3 Å². The number of rotatable bonds is 5. The average molecular weight is 552 g/mol. The Morgan fingerprint density at radius 1 is 1.13 bits per heavy atom. The molecule has 0 bridgehead atoms. The molecule has 0 aromatic heterocycles. The number of ether oxygens (including phenoxy) is 1. The van der Waals surface area contributed by atoms with Gasteiger partial charge >= 0.3 is 24.2 Å². The second-order valence-electron chi connectivity index (χ2n) is 6.79. The molecule has 5 nitrogen and oxygen atoms in total. The highest BCUT2D eigenvalue weighted by Gasteiger charge is 2.46. The average Bonchev–Trinajstić information content (AvgIpc) is 2.66. The first-order valence-electron chi connectivity index (χ1n) is 8.90. The summed E-state index contributed by atoms with van der Waals surface area (Å²) in [6.45, 7) is 0.933. The summed E-state index contributed by atoms with van der Waals surface area (Å²) in [6.07, 6.45) is -12.1. The van der Waals surface area contributed by atoms with Gasteiger partial charge < -0.3 is 15.0 Å². The molecule has 2 amide bonds. The molecule has 30 heavy (non-hydrogen) atoms. The molecule has 0 aliphatic carbocycles. The maximum absolute atomic E-state index is 13.2. The second kappa shape index (κ2) is 9.71. The lowest BCUT2D eigenvalue weighted by molar-refractivity contribution is -0.192. The summed E-state index contributed by atoms with van der Waals surface area (Å²) >= 11 is 1.81. The normalized spacial score (nSPS) is 23.5. The van der Waals surface area contributed by atoms with Crippen LogP contribution in [0.4, 0.5) is 26.3 Å². The number of hydrogen-bond donors (Lipinski definition) is 1. The lowest BCUT2D eigenvalue weighted by Crippen LogP contribution is -2.54. The third kappa shape index (κ3) is 6.46. The number of alkyl halides is 7. The minimum Gasteiger partial charge on any atom is -0.352 e. The number of carbonyl (C=O) groups excluding carboxylic acids is 2. The van der Waals surface area contributed by atoms with Gasteiger partial charge in [0.2, 0.25) is 0 Å². The quantitative estimate of drug-likeness (QED) is 0.340. The van der Waals surface area contributed by atoms with Crippen LogP contribution in [0.2, 0.25) is 0 Å². The number of benzene rings is 1. The molecule has 0 saturated carbocycles. The van der Waals surface area contributed by atoms with E-state index in [0.29, 0.717) is 16.9 Å². The molecule has 1 fully saturated rings. The molecule has 1 N–H and O–H groups in total. The van der Waals surface area contributed by atoms with Crippen LogP contribution >= 0.6 is 22.6 Å². The van der Waals surface area contributed by atoms with E-state index in [1.165, 1.54) is 6.92 Å². The Kier molecular flexibility index (Phi) is 7.99. The Morgan fingerprint density at radius 2 is 1.73 bits per heavy atom. The van der Waals surface area contributed by atoms with Crippen molar-refractivity contribution in [3.8, 4) is 0 Å². The highest BCUT2D eigenvalue weighted by molar-refractivity contribution is 14.1. The minimum absolute atomic E-state index is 0.217. The summed E-state index contributed by atoms with van der Waals surface area (Å²) < 4.78 is 82.0. The van der Waals surface area contributed by atoms with Gasteiger partial charge in [-0.05, 0) is 25.3 Å². The van der Waals surface area contributed by atoms with Crippen molar-refractivity contribution in [2.24, 2.45) is 0 Å². The molecule has 1 aromatic rings. The van der Waals surface area contributed by atoms with E-state index in [2.05, 4.69) is 0 Å². The van der Waals surface area contributed by atoms with Gasteiger partial charge in [-0.25, -0.2) is 0 Å². The van der Waals surface area contributed by atoms with Gasteiger partial charge in [-0.3, -0.25) is 9.59 Å². The maximum atomic E-state index is 13.2.